The van der Waals surface area contributed by atoms with Crippen molar-refractivity contribution in [3.05, 3.63) is 91.9 Å². The quantitative estimate of drug-likeness (QED) is 0.372. The fraction of sp³-hybridized carbons (Fsp3) is 0.208. The van der Waals surface area contributed by atoms with Crippen molar-refractivity contribution >= 4 is 50.5 Å². The molecule has 158 valence electrons. The van der Waals surface area contributed by atoms with Crippen LogP contribution < -0.4 is 9.64 Å². The predicted octanol–water partition coefficient (Wildman–Crippen LogP) is 7.06. The molecule has 7 heteroatoms. The van der Waals surface area contributed by atoms with E-state index in [4.69, 9.17) is 33.0 Å². The number of halogens is 3. The molecule has 2 aliphatic heterocycles. The molecule has 2 atom stereocenters. The lowest BCUT2D eigenvalue weighted by molar-refractivity contribution is -0.0189. The van der Waals surface area contributed by atoms with Crippen molar-refractivity contribution < 1.29 is 4.74 Å². The second-order valence-corrected chi connectivity index (χ2v) is 9.67. The normalized spacial score (nSPS) is 19.4. The number of hydrazone groups is 1. The first-order chi connectivity index (χ1) is 14.9. The van der Waals surface area contributed by atoms with Gasteiger partial charge in [-0.25, -0.2) is 5.01 Å². The highest BCUT2D eigenvalue weighted by Crippen LogP contribution is 2.50. The predicted molar refractivity (Wildman–Crippen MR) is 130 cm³/mol. The molecule has 3 aromatic carbocycles. The van der Waals surface area contributed by atoms with Gasteiger partial charge in [0.25, 0.3) is 0 Å². The van der Waals surface area contributed by atoms with E-state index in [2.05, 4.69) is 57.2 Å². The summed E-state index contributed by atoms with van der Waals surface area (Å²) in [6, 6.07) is 20.2. The van der Waals surface area contributed by atoms with Crippen LogP contribution in [0.15, 0.2) is 70.2 Å². The Labute approximate surface area is 200 Å². The van der Waals surface area contributed by atoms with Gasteiger partial charge in [-0.15, -0.1) is 0 Å². The molecule has 0 unspecified atom stereocenters. The van der Waals surface area contributed by atoms with E-state index in [-0.39, 0.29) is 12.3 Å². The Bertz CT molecular complexity index is 1160. The van der Waals surface area contributed by atoms with Crippen molar-refractivity contribution in [2.45, 2.75) is 18.7 Å². The highest BCUT2D eigenvalue weighted by molar-refractivity contribution is 9.10. The van der Waals surface area contributed by atoms with Crippen molar-refractivity contribution in [1.29, 1.82) is 0 Å². The van der Waals surface area contributed by atoms with Crippen LogP contribution in [0.5, 0.6) is 5.75 Å². The van der Waals surface area contributed by atoms with Crippen LogP contribution in [-0.2, 0) is 0 Å². The Morgan fingerprint density at radius 1 is 1.03 bits per heavy atom. The van der Waals surface area contributed by atoms with E-state index in [9.17, 15) is 0 Å². The molecular formula is C24H20BrCl2N3O. The van der Waals surface area contributed by atoms with E-state index in [1.54, 1.807) is 6.07 Å². The first-order valence-corrected chi connectivity index (χ1v) is 11.5. The number of rotatable bonds is 3. The molecule has 0 amide bonds. The largest absolute Gasteiger partial charge is 0.463 e. The monoisotopic (exact) mass is 515 g/mol. The molecule has 4 nitrogen and oxygen atoms in total. The van der Waals surface area contributed by atoms with Gasteiger partial charge in [-0.2, -0.15) is 5.10 Å². The van der Waals surface area contributed by atoms with Crippen molar-refractivity contribution in [3.8, 4) is 5.75 Å². The molecule has 0 bridgehead atoms. The maximum Gasteiger partial charge on any atom is 0.213 e. The molecule has 31 heavy (non-hydrogen) atoms. The Hall–Kier alpha value is -2.21. The van der Waals surface area contributed by atoms with Crippen molar-refractivity contribution in [1.82, 2.24) is 5.01 Å². The lowest BCUT2D eigenvalue weighted by Gasteiger charge is -2.38. The number of hydrogen-bond donors (Lipinski definition) is 0. The number of nitrogens with zero attached hydrogens (tertiary/aromatic N) is 3. The molecule has 2 aliphatic rings. The fourth-order valence-electron chi connectivity index (χ4n) is 4.09. The molecule has 5 rings (SSSR count). The standard InChI is InChI=1S/C24H20BrCl2N3O/c1-29(2)18-9-5-15(6-10-18)24-30-22(19-11-17(26)12-20(27)23(19)31-24)13-21(28-30)14-3-7-16(25)8-4-14/h3-12,22,24H,13H2,1-2H3/t22-,24+/m1/s1. The van der Waals surface area contributed by atoms with Crippen LogP contribution >= 0.6 is 39.1 Å². The first-order valence-electron chi connectivity index (χ1n) is 9.95. The van der Waals surface area contributed by atoms with E-state index >= 15 is 0 Å². The van der Waals surface area contributed by atoms with Gasteiger partial charge in [0.2, 0.25) is 6.23 Å². The second kappa shape index (κ2) is 8.05. The topological polar surface area (TPSA) is 28.1 Å². The molecule has 0 aliphatic carbocycles. The number of ether oxygens (including phenoxy) is 1. The maximum atomic E-state index is 6.55. The Kier molecular flexibility index (Phi) is 5.37. The zero-order valence-corrected chi connectivity index (χ0v) is 20.1. The lowest BCUT2D eigenvalue weighted by Crippen LogP contribution is -2.33. The summed E-state index contributed by atoms with van der Waals surface area (Å²) in [5.41, 5.74) is 5.22. The van der Waals surface area contributed by atoms with Crippen LogP contribution in [0.2, 0.25) is 10.0 Å². The van der Waals surface area contributed by atoms with E-state index in [0.29, 0.717) is 15.8 Å². The summed E-state index contributed by atoms with van der Waals surface area (Å²) in [5.74, 6) is 0.682. The summed E-state index contributed by atoms with van der Waals surface area (Å²) in [6.07, 6.45) is 0.376. The summed E-state index contributed by atoms with van der Waals surface area (Å²) < 4.78 is 7.47. The van der Waals surface area contributed by atoms with Gasteiger partial charge in [0.05, 0.1) is 16.8 Å². The van der Waals surface area contributed by atoms with Gasteiger partial charge in [0.15, 0.2) is 0 Å². The Morgan fingerprint density at radius 3 is 2.42 bits per heavy atom. The van der Waals surface area contributed by atoms with E-state index in [1.807, 2.05) is 37.3 Å². The SMILES string of the molecule is CN(C)c1ccc([C@@H]2Oc3c(Cl)cc(Cl)cc3[C@H]3CC(c4ccc(Br)cc4)=NN32)cc1. The van der Waals surface area contributed by atoms with Gasteiger partial charge in [0.1, 0.15) is 5.75 Å². The molecule has 0 spiro atoms. The third kappa shape index (κ3) is 3.79. The number of anilines is 1. The zero-order valence-electron chi connectivity index (χ0n) is 17.0. The minimum Gasteiger partial charge on any atom is -0.463 e. The zero-order chi connectivity index (χ0) is 21.7. The highest BCUT2D eigenvalue weighted by atomic mass is 79.9. The van der Waals surface area contributed by atoms with Crippen LogP contribution in [0.3, 0.4) is 0 Å². The van der Waals surface area contributed by atoms with Crippen LogP contribution in [0.1, 0.15) is 35.4 Å². The number of hydrogen-bond acceptors (Lipinski definition) is 4. The lowest BCUT2D eigenvalue weighted by atomic mass is 9.96. The third-order valence-corrected chi connectivity index (χ3v) is 6.71. The van der Waals surface area contributed by atoms with Gasteiger partial charge >= 0.3 is 0 Å². The highest BCUT2D eigenvalue weighted by Gasteiger charge is 2.42. The summed E-state index contributed by atoms with van der Waals surface area (Å²) in [4.78, 5) is 2.07. The van der Waals surface area contributed by atoms with Crippen LogP contribution in [-0.4, -0.2) is 24.8 Å². The van der Waals surface area contributed by atoms with Gasteiger partial charge in [0, 0.05) is 46.8 Å². The summed E-state index contributed by atoms with van der Waals surface area (Å²) in [7, 11) is 4.05. The molecule has 0 N–H and O–H groups in total. The Morgan fingerprint density at radius 2 is 1.74 bits per heavy atom. The van der Waals surface area contributed by atoms with Gasteiger partial charge in [-0.1, -0.05) is 63.4 Å². The van der Waals surface area contributed by atoms with Crippen LogP contribution in [0.4, 0.5) is 5.69 Å². The van der Waals surface area contributed by atoms with Crippen LogP contribution in [0.25, 0.3) is 0 Å². The summed E-state index contributed by atoms with van der Waals surface area (Å²) in [6.45, 7) is 0. The minimum absolute atomic E-state index is 0.00266. The minimum atomic E-state index is -0.375. The smallest absolute Gasteiger partial charge is 0.213 e. The van der Waals surface area contributed by atoms with E-state index < -0.39 is 0 Å². The van der Waals surface area contributed by atoms with Gasteiger partial charge in [-0.05, 0) is 42.0 Å². The summed E-state index contributed by atoms with van der Waals surface area (Å²) in [5, 5.41) is 8.15. The molecule has 0 aromatic heterocycles. The van der Waals surface area contributed by atoms with Crippen molar-refractivity contribution in [2.75, 3.05) is 19.0 Å². The molecule has 0 radical (unpaired) electrons. The molecule has 3 aromatic rings. The number of fused-ring (bicyclic) bond motifs is 3. The average Bonchev–Trinajstić information content (AvgIpc) is 3.19. The molecule has 2 heterocycles. The molecule has 0 saturated carbocycles. The molecular weight excluding hydrogens is 497 g/mol. The van der Waals surface area contributed by atoms with E-state index in [1.165, 1.54) is 0 Å². The molecule has 0 saturated heterocycles. The van der Waals surface area contributed by atoms with Crippen molar-refractivity contribution in [2.24, 2.45) is 5.10 Å². The fourth-order valence-corrected chi connectivity index (χ4v) is 4.91. The first kappa shape index (κ1) is 20.7. The third-order valence-electron chi connectivity index (χ3n) is 5.68. The molecule has 0 fully saturated rings. The number of benzene rings is 3. The van der Waals surface area contributed by atoms with Crippen LogP contribution in [0, 0.1) is 0 Å². The average molecular weight is 517 g/mol. The Balaban J connectivity index is 1.59. The maximum absolute atomic E-state index is 6.55. The van der Waals surface area contributed by atoms with Gasteiger partial charge in [-0.3, -0.25) is 0 Å². The van der Waals surface area contributed by atoms with Gasteiger partial charge < -0.3 is 9.64 Å². The summed E-state index contributed by atoms with van der Waals surface area (Å²) >= 11 is 16.4. The van der Waals surface area contributed by atoms with Crippen molar-refractivity contribution in [3.63, 3.8) is 0 Å². The van der Waals surface area contributed by atoms with E-state index in [0.717, 1.165) is 39.0 Å². The second-order valence-electron chi connectivity index (χ2n) is 7.92.